The molecule has 12 heteroatoms. The zero-order valence-electron chi connectivity index (χ0n) is 20.1. The van der Waals surface area contributed by atoms with Gasteiger partial charge in [-0.2, -0.15) is 0 Å². The molecule has 11 nitrogen and oxygen atoms in total. The second-order valence-corrected chi connectivity index (χ2v) is 8.85. The molecule has 2 aromatic rings. The quantitative estimate of drug-likeness (QED) is 0.364. The summed E-state index contributed by atoms with van der Waals surface area (Å²) in [6, 6.07) is 1.27. The number of allylic oxidation sites excluding steroid dienone is 1. The molecule has 36 heavy (non-hydrogen) atoms. The van der Waals surface area contributed by atoms with Gasteiger partial charge in [-0.1, -0.05) is 0 Å². The first-order valence-corrected chi connectivity index (χ1v) is 11.5. The second-order valence-electron chi connectivity index (χ2n) is 8.85. The highest BCUT2D eigenvalue weighted by atomic mass is 19.1. The van der Waals surface area contributed by atoms with E-state index < -0.39 is 17.3 Å². The molecule has 190 valence electrons. The van der Waals surface area contributed by atoms with E-state index in [1.165, 1.54) is 32.7 Å². The fourth-order valence-electron chi connectivity index (χ4n) is 4.39. The van der Waals surface area contributed by atoms with Crippen LogP contribution in [0.3, 0.4) is 0 Å². The average Bonchev–Trinajstić information content (AvgIpc) is 3.66. The van der Waals surface area contributed by atoms with Crippen molar-refractivity contribution in [3.63, 3.8) is 0 Å². The van der Waals surface area contributed by atoms with Gasteiger partial charge >= 0.3 is 0 Å². The molecule has 2 aliphatic rings. The van der Waals surface area contributed by atoms with Crippen LogP contribution in [0.25, 0.3) is 0 Å². The van der Waals surface area contributed by atoms with E-state index in [-0.39, 0.29) is 41.2 Å². The lowest BCUT2D eigenvalue weighted by molar-refractivity contribution is -0.137. The monoisotopic (exact) mass is 497 g/mol. The first-order valence-electron chi connectivity index (χ1n) is 11.5. The normalized spacial score (nSPS) is 18.5. The van der Waals surface area contributed by atoms with Crippen molar-refractivity contribution in [3.05, 3.63) is 53.6 Å². The number of nitrogens with two attached hydrogens (primary N) is 1. The van der Waals surface area contributed by atoms with Crippen LogP contribution in [0.15, 0.2) is 36.4 Å². The highest BCUT2D eigenvalue weighted by Crippen LogP contribution is 2.50. The molecular weight excluding hydrogens is 469 g/mol. The average molecular weight is 498 g/mol. The van der Waals surface area contributed by atoms with E-state index in [2.05, 4.69) is 20.3 Å². The molecule has 2 amide bonds. The van der Waals surface area contributed by atoms with Gasteiger partial charge in [0.1, 0.15) is 5.82 Å². The first kappa shape index (κ1) is 25.0. The van der Waals surface area contributed by atoms with Gasteiger partial charge in [0.2, 0.25) is 11.8 Å². The van der Waals surface area contributed by atoms with E-state index in [4.69, 9.17) is 20.6 Å². The van der Waals surface area contributed by atoms with E-state index in [1.54, 1.807) is 4.90 Å². The number of carbonyl (C=O) groups excluding carboxylic acids is 2. The van der Waals surface area contributed by atoms with Crippen molar-refractivity contribution in [1.82, 2.24) is 25.2 Å². The lowest BCUT2D eigenvalue weighted by atomic mass is 9.88. The standard InChI is InChI=1S/C24H28FN7O4/c1-35-15-10-28-20(29-11-15)13-31-22(33)14-3-6-32(24(9-14)4-5-24)23(34)19(27)8-18(26)16-7-21(36-2)30-12-17(16)25/h7-8,10-12,14,26H,3-6,9,13,27H2,1-2H3,(H,31,33)/t14-/m0/s1. The van der Waals surface area contributed by atoms with Crippen molar-refractivity contribution < 1.29 is 23.5 Å². The Bertz CT molecular complexity index is 1200. The number of carbonyl (C=O) groups is 2. The summed E-state index contributed by atoms with van der Waals surface area (Å²) in [6.45, 7) is 0.554. The number of ether oxygens (including phenoxy) is 2. The molecule has 1 saturated carbocycles. The van der Waals surface area contributed by atoms with Gasteiger partial charge in [-0.3, -0.25) is 9.59 Å². The largest absolute Gasteiger partial charge is 0.494 e. The van der Waals surface area contributed by atoms with Crippen molar-refractivity contribution in [2.24, 2.45) is 11.7 Å². The molecule has 1 spiro atoms. The summed E-state index contributed by atoms with van der Waals surface area (Å²) in [5.41, 5.74) is 5.11. The summed E-state index contributed by atoms with van der Waals surface area (Å²) in [7, 11) is 2.91. The fourth-order valence-corrected chi connectivity index (χ4v) is 4.39. The molecule has 1 atom stereocenters. The number of hydrogen-bond donors (Lipinski definition) is 3. The Morgan fingerprint density at radius 2 is 1.97 bits per heavy atom. The summed E-state index contributed by atoms with van der Waals surface area (Å²) >= 11 is 0. The minimum Gasteiger partial charge on any atom is -0.494 e. The van der Waals surface area contributed by atoms with E-state index in [0.717, 1.165) is 25.1 Å². The molecule has 0 aromatic carbocycles. The number of likely N-dealkylation sites (tertiary alicyclic amines) is 1. The molecular formula is C24H28FN7O4. The maximum atomic E-state index is 14.1. The van der Waals surface area contributed by atoms with Gasteiger partial charge in [0.15, 0.2) is 11.6 Å². The van der Waals surface area contributed by atoms with E-state index in [9.17, 15) is 14.0 Å². The maximum absolute atomic E-state index is 14.1. The van der Waals surface area contributed by atoms with Gasteiger partial charge in [-0.15, -0.1) is 0 Å². The predicted molar refractivity (Wildman–Crippen MR) is 127 cm³/mol. The Morgan fingerprint density at radius 1 is 1.25 bits per heavy atom. The fraction of sp³-hybridized carbons (Fsp3) is 0.417. The number of aromatic nitrogens is 3. The number of halogens is 1. The van der Waals surface area contributed by atoms with E-state index in [1.807, 2.05) is 0 Å². The second kappa shape index (κ2) is 10.3. The van der Waals surface area contributed by atoms with Crippen molar-refractivity contribution in [3.8, 4) is 11.6 Å². The van der Waals surface area contributed by atoms with E-state index >= 15 is 0 Å². The lowest BCUT2D eigenvalue weighted by Gasteiger charge is -2.39. The van der Waals surface area contributed by atoms with Crippen molar-refractivity contribution in [1.29, 1.82) is 5.41 Å². The third kappa shape index (κ3) is 5.26. The summed E-state index contributed by atoms with van der Waals surface area (Å²) < 4.78 is 24.2. The molecule has 1 saturated heterocycles. The van der Waals surface area contributed by atoms with Crippen LogP contribution in [-0.4, -0.2) is 63.7 Å². The molecule has 3 heterocycles. The highest BCUT2D eigenvalue weighted by Gasteiger charge is 2.54. The van der Waals surface area contributed by atoms with Gasteiger partial charge < -0.3 is 30.8 Å². The first-order chi connectivity index (χ1) is 17.3. The minimum absolute atomic E-state index is 0.0741. The van der Waals surface area contributed by atoms with Crippen molar-refractivity contribution in [2.45, 2.75) is 37.8 Å². The van der Waals surface area contributed by atoms with Gasteiger partial charge in [0.25, 0.3) is 5.91 Å². The SMILES string of the molecule is COc1cnc(CNC(=O)[C@H]2CCN(C(=O)C(N)=CC(=N)c3cc(OC)ncc3F)C3(CC3)C2)nc1. The summed E-state index contributed by atoms with van der Waals surface area (Å²) in [4.78, 5) is 39.7. The molecule has 4 N–H and O–H groups in total. The van der Waals surface area contributed by atoms with Crippen molar-refractivity contribution >= 4 is 17.5 Å². The molecule has 0 bridgehead atoms. The number of piperidine rings is 1. The molecule has 0 radical (unpaired) electrons. The lowest BCUT2D eigenvalue weighted by Crippen LogP contribution is -2.51. The number of pyridine rings is 1. The van der Waals surface area contributed by atoms with Crippen LogP contribution in [0.2, 0.25) is 0 Å². The minimum atomic E-state index is -0.720. The highest BCUT2D eigenvalue weighted by molar-refractivity contribution is 6.11. The molecule has 2 aromatic heterocycles. The Labute approximate surface area is 207 Å². The topological polar surface area (TPSA) is 156 Å². The van der Waals surface area contributed by atoms with Crippen LogP contribution >= 0.6 is 0 Å². The molecule has 1 aliphatic carbocycles. The number of nitrogens with one attached hydrogen (secondary N) is 2. The maximum Gasteiger partial charge on any atom is 0.270 e. The van der Waals surface area contributed by atoms with Gasteiger partial charge in [0, 0.05) is 29.6 Å². The van der Waals surface area contributed by atoms with Crippen LogP contribution in [-0.2, 0) is 16.1 Å². The van der Waals surface area contributed by atoms with Crippen LogP contribution < -0.4 is 20.5 Å². The summed E-state index contributed by atoms with van der Waals surface area (Å²) in [5.74, 6) is -0.359. The molecule has 1 aliphatic heterocycles. The summed E-state index contributed by atoms with van der Waals surface area (Å²) in [5, 5.41) is 11.1. The zero-order valence-corrected chi connectivity index (χ0v) is 20.1. The summed E-state index contributed by atoms with van der Waals surface area (Å²) in [6.07, 6.45) is 7.70. The molecule has 0 unspecified atom stereocenters. The van der Waals surface area contributed by atoms with Crippen LogP contribution in [0, 0.1) is 17.1 Å². The van der Waals surface area contributed by atoms with Crippen molar-refractivity contribution in [2.75, 3.05) is 20.8 Å². The Hall–Kier alpha value is -4.09. The zero-order chi connectivity index (χ0) is 25.9. The van der Waals surface area contributed by atoms with Gasteiger partial charge in [-0.25, -0.2) is 19.3 Å². The van der Waals surface area contributed by atoms with Crippen LogP contribution in [0.4, 0.5) is 4.39 Å². The third-order valence-corrected chi connectivity index (χ3v) is 6.56. The van der Waals surface area contributed by atoms with Gasteiger partial charge in [-0.05, 0) is 31.8 Å². The van der Waals surface area contributed by atoms with Crippen LogP contribution in [0.1, 0.15) is 37.1 Å². The van der Waals surface area contributed by atoms with Crippen LogP contribution in [0.5, 0.6) is 11.6 Å². The number of amides is 2. The van der Waals surface area contributed by atoms with E-state index in [0.29, 0.717) is 31.0 Å². The van der Waals surface area contributed by atoms with Gasteiger partial charge in [0.05, 0.1) is 50.8 Å². The molecule has 2 fully saturated rings. The number of nitrogens with zero attached hydrogens (tertiary/aromatic N) is 4. The number of methoxy groups -OCH3 is 2. The number of rotatable bonds is 8. The predicted octanol–water partition coefficient (Wildman–Crippen LogP) is 1.33. The molecule has 4 rings (SSSR count). The Kier molecular flexibility index (Phi) is 7.13. The Balaban J connectivity index is 1.37. The smallest absolute Gasteiger partial charge is 0.270 e. The number of hydrogen-bond acceptors (Lipinski definition) is 9. The third-order valence-electron chi connectivity index (χ3n) is 6.56. The Morgan fingerprint density at radius 3 is 2.61 bits per heavy atom.